The fourth-order valence-corrected chi connectivity index (χ4v) is 3.68. The van der Waals surface area contributed by atoms with Crippen molar-refractivity contribution in [2.75, 3.05) is 5.32 Å². The molecule has 8 heteroatoms. The number of aromatic nitrogens is 2. The predicted octanol–water partition coefficient (Wildman–Crippen LogP) is 4.12. The van der Waals surface area contributed by atoms with Crippen molar-refractivity contribution in [1.29, 1.82) is 0 Å². The number of ether oxygens (including phenoxy) is 1. The van der Waals surface area contributed by atoms with Gasteiger partial charge < -0.3 is 14.5 Å². The maximum atomic E-state index is 12.4. The van der Waals surface area contributed by atoms with Crippen LogP contribution in [0.25, 0.3) is 11.5 Å². The molecule has 1 fully saturated rings. The van der Waals surface area contributed by atoms with E-state index in [1.54, 1.807) is 6.07 Å². The van der Waals surface area contributed by atoms with E-state index in [4.69, 9.17) is 9.15 Å². The Kier molecular flexibility index (Phi) is 4.95. The lowest BCUT2D eigenvalue weighted by molar-refractivity contribution is -0.117. The molecule has 0 saturated heterocycles. The zero-order valence-corrected chi connectivity index (χ0v) is 16.3. The Balaban J connectivity index is 1.38. The minimum atomic E-state index is -0.482. The summed E-state index contributed by atoms with van der Waals surface area (Å²) in [5.74, 6) is 0.242. The van der Waals surface area contributed by atoms with Crippen LogP contribution in [0.1, 0.15) is 39.5 Å². The summed E-state index contributed by atoms with van der Waals surface area (Å²) in [6.45, 7) is 3.68. The Morgan fingerprint density at radius 2 is 2.07 bits per heavy atom. The molecule has 0 bridgehead atoms. The highest BCUT2D eigenvalue weighted by atomic mass is 32.1. The van der Waals surface area contributed by atoms with Crippen LogP contribution in [-0.2, 0) is 16.1 Å². The molecular weight excluding hydrogens is 378 g/mol. The van der Waals surface area contributed by atoms with E-state index in [1.807, 2.05) is 38.1 Å². The highest BCUT2D eigenvalue weighted by Gasteiger charge is 2.30. The number of nitrogens with zero attached hydrogens (tertiary/aromatic N) is 2. The summed E-state index contributed by atoms with van der Waals surface area (Å²) in [6, 6.07) is 9.49. The number of aryl methyl sites for hydroxylation is 2. The van der Waals surface area contributed by atoms with E-state index < -0.39 is 5.97 Å². The Hall–Kier alpha value is -3.00. The number of anilines is 1. The number of carbonyl (C=O) groups is 2. The molecule has 1 amide bonds. The van der Waals surface area contributed by atoms with Crippen molar-refractivity contribution in [2.24, 2.45) is 5.92 Å². The Bertz CT molecular complexity index is 1040. The van der Waals surface area contributed by atoms with Crippen LogP contribution in [0.15, 0.2) is 34.7 Å². The number of rotatable bonds is 6. The molecule has 1 aromatic carbocycles. The van der Waals surface area contributed by atoms with E-state index in [0.717, 1.165) is 29.5 Å². The summed E-state index contributed by atoms with van der Waals surface area (Å²) in [4.78, 5) is 24.7. The van der Waals surface area contributed by atoms with Gasteiger partial charge in [-0.1, -0.05) is 17.7 Å². The maximum Gasteiger partial charge on any atom is 0.349 e. The van der Waals surface area contributed by atoms with Gasteiger partial charge in [-0.25, -0.2) is 4.79 Å². The molecule has 0 unspecified atom stereocenters. The summed E-state index contributed by atoms with van der Waals surface area (Å²) in [7, 11) is 0. The molecule has 1 aliphatic carbocycles. The minimum Gasteiger partial charge on any atom is -0.451 e. The summed E-state index contributed by atoms with van der Waals surface area (Å²) in [5, 5.41) is 11.4. The van der Waals surface area contributed by atoms with Crippen molar-refractivity contribution in [3.05, 3.63) is 52.2 Å². The zero-order valence-electron chi connectivity index (χ0n) is 15.5. The zero-order chi connectivity index (χ0) is 19.7. The van der Waals surface area contributed by atoms with Gasteiger partial charge in [-0.15, -0.1) is 21.5 Å². The van der Waals surface area contributed by atoms with Crippen LogP contribution < -0.4 is 5.32 Å². The van der Waals surface area contributed by atoms with E-state index in [1.165, 1.54) is 11.3 Å². The van der Waals surface area contributed by atoms with Gasteiger partial charge in [0.1, 0.15) is 4.88 Å². The molecular formula is C20H19N3O4S. The fraction of sp³-hybridized carbons (Fsp3) is 0.300. The van der Waals surface area contributed by atoms with Crippen LogP contribution in [0, 0.1) is 19.8 Å². The normalized spacial score (nSPS) is 13.4. The molecule has 144 valence electrons. The average Bonchev–Trinajstić information content (AvgIpc) is 3.31. The molecule has 1 aliphatic rings. The third kappa shape index (κ3) is 4.12. The first kappa shape index (κ1) is 18.4. The molecule has 0 aliphatic heterocycles. The van der Waals surface area contributed by atoms with Crippen LogP contribution >= 0.6 is 11.3 Å². The Labute approximate surface area is 165 Å². The third-order valence-electron chi connectivity index (χ3n) is 4.36. The van der Waals surface area contributed by atoms with Crippen LogP contribution in [0.3, 0.4) is 0 Å². The quantitative estimate of drug-likeness (QED) is 0.629. The van der Waals surface area contributed by atoms with E-state index in [0.29, 0.717) is 15.8 Å². The molecule has 4 rings (SSSR count). The first-order valence-corrected chi connectivity index (χ1v) is 9.79. The number of thiophene rings is 1. The average molecular weight is 397 g/mol. The van der Waals surface area contributed by atoms with E-state index in [-0.39, 0.29) is 24.3 Å². The molecule has 0 spiro atoms. The molecule has 0 radical (unpaired) electrons. The SMILES string of the molecule is Cc1cccc(-c2nnc(COC(=O)c3sc(NC(=O)C4CC4)cc3C)o2)c1. The van der Waals surface area contributed by atoms with Gasteiger partial charge >= 0.3 is 5.97 Å². The summed E-state index contributed by atoms with van der Waals surface area (Å²) < 4.78 is 10.9. The first-order valence-electron chi connectivity index (χ1n) is 8.97. The first-order chi connectivity index (χ1) is 13.5. The number of benzene rings is 1. The van der Waals surface area contributed by atoms with E-state index in [2.05, 4.69) is 15.5 Å². The lowest BCUT2D eigenvalue weighted by Crippen LogP contribution is -2.12. The van der Waals surface area contributed by atoms with Gasteiger partial charge in [0.15, 0.2) is 6.61 Å². The number of carbonyl (C=O) groups excluding carboxylic acids is 2. The van der Waals surface area contributed by atoms with Gasteiger partial charge in [0.25, 0.3) is 5.89 Å². The second-order valence-corrected chi connectivity index (χ2v) is 7.89. The molecule has 1 saturated carbocycles. The molecule has 3 aromatic rings. The van der Waals surface area contributed by atoms with Crippen LogP contribution in [0.2, 0.25) is 0 Å². The fourth-order valence-electron chi connectivity index (χ4n) is 2.71. The molecule has 0 atom stereocenters. The maximum absolute atomic E-state index is 12.4. The summed E-state index contributed by atoms with van der Waals surface area (Å²) in [5.41, 5.74) is 2.66. The second kappa shape index (κ2) is 7.55. The van der Waals surface area contributed by atoms with Crippen molar-refractivity contribution in [3.8, 4) is 11.5 Å². The smallest absolute Gasteiger partial charge is 0.349 e. The number of amides is 1. The van der Waals surface area contributed by atoms with Crippen molar-refractivity contribution >= 4 is 28.2 Å². The molecule has 1 N–H and O–H groups in total. The molecule has 2 heterocycles. The van der Waals surface area contributed by atoms with Crippen molar-refractivity contribution in [1.82, 2.24) is 10.2 Å². The Morgan fingerprint density at radius 3 is 2.82 bits per heavy atom. The topological polar surface area (TPSA) is 94.3 Å². The Morgan fingerprint density at radius 1 is 1.25 bits per heavy atom. The largest absolute Gasteiger partial charge is 0.451 e. The lowest BCUT2D eigenvalue weighted by Gasteiger charge is -2.01. The number of esters is 1. The van der Waals surface area contributed by atoms with Crippen molar-refractivity contribution < 1.29 is 18.7 Å². The van der Waals surface area contributed by atoms with Crippen LogP contribution in [0.5, 0.6) is 0 Å². The van der Waals surface area contributed by atoms with Crippen molar-refractivity contribution in [2.45, 2.75) is 33.3 Å². The number of nitrogens with one attached hydrogen (secondary N) is 1. The number of hydrogen-bond acceptors (Lipinski definition) is 7. The van der Waals surface area contributed by atoms with Crippen LogP contribution in [-0.4, -0.2) is 22.1 Å². The predicted molar refractivity (Wildman–Crippen MR) is 104 cm³/mol. The van der Waals surface area contributed by atoms with Crippen molar-refractivity contribution in [3.63, 3.8) is 0 Å². The van der Waals surface area contributed by atoms with Gasteiger partial charge in [0.2, 0.25) is 11.8 Å². The van der Waals surface area contributed by atoms with Crippen LogP contribution in [0.4, 0.5) is 5.00 Å². The summed E-state index contributed by atoms with van der Waals surface area (Å²) in [6.07, 6.45) is 1.86. The molecule has 2 aromatic heterocycles. The number of hydrogen-bond donors (Lipinski definition) is 1. The van der Waals surface area contributed by atoms with E-state index >= 15 is 0 Å². The highest BCUT2D eigenvalue weighted by Crippen LogP contribution is 2.33. The minimum absolute atomic E-state index is 0.00991. The summed E-state index contributed by atoms with van der Waals surface area (Å²) >= 11 is 1.21. The third-order valence-corrected chi connectivity index (χ3v) is 5.49. The lowest BCUT2D eigenvalue weighted by atomic mass is 10.1. The van der Waals surface area contributed by atoms with E-state index in [9.17, 15) is 9.59 Å². The van der Waals surface area contributed by atoms with Gasteiger partial charge in [-0.2, -0.15) is 0 Å². The van der Waals surface area contributed by atoms with Gasteiger partial charge in [-0.3, -0.25) is 4.79 Å². The monoisotopic (exact) mass is 397 g/mol. The standard InChI is InChI=1S/C20H19N3O4S/c1-11-4-3-5-14(8-11)19-23-22-15(27-19)10-26-20(25)17-12(2)9-16(28-17)21-18(24)13-6-7-13/h3-5,8-9,13H,6-7,10H2,1-2H3,(H,21,24). The van der Waals surface area contributed by atoms with Gasteiger partial charge in [0.05, 0.1) is 5.00 Å². The van der Waals surface area contributed by atoms with Gasteiger partial charge in [-0.05, 0) is 50.5 Å². The molecule has 28 heavy (non-hydrogen) atoms. The second-order valence-electron chi connectivity index (χ2n) is 6.83. The van der Waals surface area contributed by atoms with Gasteiger partial charge in [0, 0.05) is 11.5 Å². The highest BCUT2D eigenvalue weighted by molar-refractivity contribution is 7.18. The molecule has 7 nitrogen and oxygen atoms in total.